The van der Waals surface area contributed by atoms with Crippen molar-refractivity contribution in [1.29, 1.82) is 0 Å². The fourth-order valence-corrected chi connectivity index (χ4v) is 1.62. The molecule has 0 spiro atoms. The number of aromatic nitrogens is 2. The number of anilines is 1. The molecule has 2 rings (SSSR count). The summed E-state index contributed by atoms with van der Waals surface area (Å²) in [5, 5.41) is 8.71. The lowest BCUT2D eigenvalue weighted by molar-refractivity contribution is -0.118. The van der Waals surface area contributed by atoms with Crippen LogP contribution in [0.1, 0.15) is 10.4 Å². The number of aromatic carboxylic acids is 1. The predicted molar refractivity (Wildman–Crippen MR) is 58.8 cm³/mol. The predicted octanol–water partition coefficient (Wildman–Crippen LogP) is -0.547. The van der Waals surface area contributed by atoms with Crippen molar-refractivity contribution in [3.63, 3.8) is 0 Å². The molecule has 1 saturated heterocycles. The van der Waals surface area contributed by atoms with Gasteiger partial charge in [0.1, 0.15) is 0 Å². The number of carbonyl (C=O) groups is 2. The molecule has 0 atom stereocenters. The molecular formula is C10H12N4O3. The summed E-state index contributed by atoms with van der Waals surface area (Å²) in [6.07, 6.45) is 3.40. The van der Waals surface area contributed by atoms with E-state index in [1.807, 2.05) is 4.90 Å². The summed E-state index contributed by atoms with van der Waals surface area (Å²) in [6, 6.07) is 0. The Labute approximate surface area is 97.7 Å². The van der Waals surface area contributed by atoms with Crippen LogP contribution in [0.25, 0.3) is 0 Å². The molecule has 1 aliphatic heterocycles. The van der Waals surface area contributed by atoms with Gasteiger partial charge in [0.2, 0.25) is 12.4 Å². The molecule has 0 aliphatic carbocycles. The van der Waals surface area contributed by atoms with E-state index in [2.05, 4.69) is 9.97 Å². The number of carboxylic acid groups (broad SMARTS) is 1. The summed E-state index contributed by atoms with van der Waals surface area (Å²) in [4.78, 5) is 32.8. The summed E-state index contributed by atoms with van der Waals surface area (Å²) >= 11 is 0. The first-order chi connectivity index (χ1) is 8.20. The van der Waals surface area contributed by atoms with E-state index in [-0.39, 0.29) is 5.56 Å². The summed E-state index contributed by atoms with van der Waals surface area (Å²) in [7, 11) is 0. The van der Waals surface area contributed by atoms with Crippen LogP contribution < -0.4 is 4.90 Å². The van der Waals surface area contributed by atoms with Gasteiger partial charge < -0.3 is 14.9 Å². The number of hydrogen-bond acceptors (Lipinski definition) is 5. The maximum Gasteiger partial charge on any atom is 0.338 e. The van der Waals surface area contributed by atoms with E-state index >= 15 is 0 Å². The van der Waals surface area contributed by atoms with Crippen molar-refractivity contribution in [2.24, 2.45) is 0 Å². The molecule has 17 heavy (non-hydrogen) atoms. The van der Waals surface area contributed by atoms with Crippen LogP contribution in [0.5, 0.6) is 0 Å². The highest BCUT2D eigenvalue weighted by Crippen LogP contribution is 2.09. The van der Waals surface area contributed by atoms with Crippen molar-refractivity contribution >= 4 is 18.3 Å². The fourth-order valence-electron chi connectivity index (χ4n) is 1.62. The highest BCUT2D eigenvalue weighted by atomic mass is 16.4. The monoisotopic (exact) mass is 236 g/mol. The number of carboxylic acids is 1. The standard InChI is InChI=1S/C10H12N4O3/c15-7-13-1-3-14(4-2-13)10-11-5-8(6-12-10)9(16)17/h5-7H,1-4H2,(H,16,17). The topological polar surface area (TPSA) is 86.6 Å². The number of piperazine rings is 1. The van der Waals surface area contributed by atoms with E-state index in [9.17, 15) is 9.59 Å². The average Bonchev–Trinajstić information content (AvgIpc) is 2.39. The van der Waals surface area contributed by atoms with Gasteiger partial charge in [-0.25, -0.2) is 14.8 Å². The zero-order valence-corrected chi connectivity index (χ0v) is 9.11. The highest BCUT2D eigenvalue weighted by Gasteiger charge is 2.17. The van der Waals surface area contributed by atoms with Gasteiger partial charge in [-0.3, -0.25) is 4.79 Å². The Morgan fingerprint density at radius 3 is 2.29 bits per heavy atom. The van der Waals surface area contributed by atoms with Gasteiger partial charge in [0, 0.05) is 38.6 Å². The Balaban J connectivity index is 2.03. The molecule has 7 heteroatoms. The SMILES string of the molecule is O=CN1CCN(c2ncc(C(=O)O)cn2)CC1. The molecule has 7 nitrogen and oxygen atoms in total. The molecular weight excluding hydrogens is 224 g/mol. The molecule has 1 aromatic rings. The minimum absolute atomic E-state index is 0.0697. The number of rotatable bonds is 3. The van der Waals surface area contributed by atoms with Crippen LogP contribution in [0, 0.1) is 0 Å². The lowest BCUT2D eigenvalue weighted by Crippen LogP contribution is -2.46. The Bertz CT molecular complexity index is 412. The molecule has 0 radical (unpaired) electrons. The molecule has 90 valence electrons. The first kappa shape index (κ1) is 11.3. The third-order valence-corrected chi connectivity index (χ3v) is 2.63. The third kappa shape index (κ3) is 2.49. The smallest absolute Gasteiger partial charge is 0.338 e. The Morgan fingerprint density at radius 1 is 1.24 bits per heavy atom. The second kappa shape index (κ2) is 4.77. The Kier molecular flexibility index (Phi) is 3.17. The lowest BCUT2D eigenvalue weighted by Gasteiger charge is -2.32. The Hall–Kier alpha value is -2.18. The second-order valence-corrected chi connectivity index (χ2v) is 3.71. The Morgan fingerprint density at radius 2 is 1.82 bits per heavy atom. The minimum Gasteiger partial charge on any atom is -0.478 e. The quantitative estimate of drug-likeness (QED) is 0.709. The average molecular weight is 236 g/mol. The van der Waals surface area contributed by atoms with Crippen molar-refractivity contribution in [3.05, 3.63) is 18.0 Å². The first-order valence-corrected chi connectivity index (χ1v) is 5.20. The minimum atomic E-state index is -1.04. The molecule has 2 heterocycles. The first-order valence-electron chi connectivity index (χ1n) is 5.20. The van der Waals surface area contributed by atoms with E-state index < -0.39 is 5.97 Å². The third-order valence-electron chi connectivity index (χ3n) is 2.63. The van der Waals surface area contributed by atoms with Crippen molar-refractivity contribution in [1.82, 2.24) is 14.9 Å². The van der Waals surface area contributed by atoms with Gasteiger partial charge in [-0.1, -0.05) is 0 Å². The van der Waals surface area contributed by atoms with Crippen molar-refractivity contribution in [2.45, 2.75) is 0 Å². The molecule has 0 aromatic carbocycles. The van der Waals surface area contributed by atoms with E-state index in [0.717, 1.165) is 6.41 Å². The number of carbonyl (C=O) groups excluding carboxylic acids is 1. The van der Waals surface area contributed by atoms with E-state index in [1.54, 1.807) is 4.90 Å². The lowest BCUT2D eigenvalue weighted by atomic mass is 10.3. The van der Waals surface area contributed by atoms with Crippen LogP contribution >= 0.6 is 0 Å². The van der Waals surface area contributed by atoms with Crippen LogP contribution in [-0.2, 0) is 4.79 Å². The zero-order chi connectivity index (χ0) is 12.3. The largest absolute Gasteiger partial charge is 0.478 e. The van der Waals surface area contributed by atoms with Crippen LogP contribution in [-0.4, -0.2) is 58.5 Å². The highest BCUT2D eigenvalue weighted by molar-refractivity contribution is 5.86. The second-order valence-electron chi connectivity index (χ2n) is 3.71. The summed E-state index contributed by atoms with van der Waals surface area (Å²) in [5.41, 5.74) is 0.0697. The molecule has 1 N–H and O–H groups in total. The van der Waals surface area contributed by atoms with E-state index in [4.69, 9.17) is 5.11 Å². The molecule has 0 saturated carbocycles. The van der Waals surface area contributed by atoms with Gasteiger partial charge in [0.15, 0.2) is 0 Å². The summed E-state index contributed by atoms with van der Waals surface area (Å²) in [5.74, 6) is -0.539. The van der Waals surface area contributed by atoms with Crippen molar-refractivity contribution < 1.29 is 14.7 Å². The molecule has 1 aliphatic rings. The van der Waals surface area contributed by atoms with Gasteiger partial charge in [-0.15, -0.1) is 0 Å². The van der Waals surface area contributed by atoms with E-state index in [1.165, 1.54) is 12.4 Å². The number of nitrogens with zero attached hydrogens (tertiary/aromatic N) is 4. The van der Waals surface area contributed by atoms with Gasteiger partial charge in [-0.2, -0.15) is 0 Å². The number of amides is 1. The molecule has 1 aromatic heterocycles. The van der Waals surface area contributed by atoms with Crippen molar-refractivity contribution in [3.8, 4) is 0 Å². The van der Waals surface area contributed by atoms with Gasteiger partial charge in [-0.05, 0) is 0 Å². The maximum absolute atomic E-state index is 10.6. The molecule has 0 unspecified atom stereocenters. The van der Waals surface area contributed by atoms with Crippen LogP contribution in [0.4, 0.5) is 5.95 Å². The normalized spacial score (nSPS) is 15.8. The van der Waals surface area contributed by atoms with E-state index in [0.29, 0.717) is 32.1 Å². The van der Waals surface area contributed by atoms with Crippen LogP contribution in [0.2, 0.25) is 0 Å². The maximum atomic E-state index is 10.6. The van der Waals surface area contributed by atoms with Gasteiger partial charge in [0.25, 0.3) is 0 Å². The summed E-state index contributed by atoms with van der Waals surface area (Å²) < 4.78 is 0. The fraction of sp³-hybridized carbons (Fsp3) is 0.400. The van der Waals surface area contributed by atoms with Gasteiger partial charge in [0.05, 0.1) is 5.56 Å². The molecule has 1 fully saturated rings. The van der Waals surface area contributed by atoms with Crippen molar-refractivity contribution in [2.75, 3.05) is 31.1 Å². The summed E-state index contributed by atoms with van der Waals surface area (Å²) in [6.45, 7) is 2.58. The van der Waals surface area contributed by atoms with Crippen LogP contribution in [0.15, 0.2) is 12.4 Å². The molecule has 0 bridgehead atoms. The van der Waals surface area contributed by atoms with Crippen LogP contribution in [0.3, 0.4) is 0 Å². The number of hydrogen-bond donors (Lipinski definition) is 1. The molecule has 1 amide bonds. The zero-order valence-electron chi connectivity index (χ0n) is 9.11. The van der Waals surface area contributed by atoms with Gasteiger partial charge >= 0.3 is 5.97 Å².